The van der Waals surface area contributed by atoms with Crippen LogP contribution in [-0.2, 0) is 4.79 Å². The van der Waals surface area contributed by atoms with Crippen LogP contribution < -0.4 is 16.4 Å². The summed E-state index contributed by atoms with van der Waals surface area (Å²) in [6.07, 6.45) is 0.412. The van der Waals surface area contributed by atoms with Crippen LogP contribution in [0.1, 0.15) is 27.2 Å². The SMILES string of the molecule is CC(C)(C)NCCNCCC(N)=O. The molecule has 0 aliphatic heterocycles. The first-order valence-corrected chi connectivity index (χ1v) is 4.66. The minimum Gasteiger partial charge on any atom is -0.370 e. The fourth-order valence-electron chi connectivity index (χ4n) is 0.862. The normalized spacial score (nSPS) is 11.6. The van der Waals surface area contributed by atoms with E-state index in [1.54, 1.807) is 0 Å². The van der Waals surface area contributed by atoms with Gasteiger partial charge in [0.2, 0.25) is 5.91 Å². The zero-order valence-electron chi connectivity index (χ0n) is 8.81. The Balaban J connectivity index is 3.13. The average Bonchev–Trinajstić information content (AvgIpc) is 1.93. The van der Waals surface area contributed by atoms with Gasteiger partial charge in [0.1, 0.15) is 0 Å². The molecular weight excluding hydrogens is 166 g/mol. The molecule has 0 aliphatic rings. The number of rotatable bonds is 6. The maximum absolute atomic E-state index is 10.4. The van der Waals surface area contributed by atoms with E-state index in [-0.39, 0.29) is 11.4 Å². The zero-order valence-corrected chi connectivity index (χ0v) is 8.81. The second-order valence-corrected chi connectivity index (χ2v) is 4.14. The molecule has 0 unspecified atom stereocenters. The van der Waals surface area contributed by atoms with Gasteiger partial charge in [0.15, 0.2) is 0 Å². The summed E-state index contributed by atoms with van der Waals surface area (Å²) in [6.45, 7) is 8.80. The van der Waals surface area contributed by atoms with Crippen molar-refractivity contribution in [2.45, 2.75) is 32.7 Å². The van der Waals surface area contributed by atoms with Crippen LogP contribution in [0.5, 0.6) is 0 Å². The Morgan fingerprint density at radius 1 is 1.23 bits per heavy atom. The Hall–Kier alpha value is -0.610. The average molecular weight is 187 g/mol. The van der Waals surface area contributed by atoms with Crippen LogP contribution in [0.25, 0.3) is 0 Å². The third-order valence-corrected chi connectivity index (χ3v) is 1.51. The molecule has 0 aromatic carbocycles. The number of amides is 1. The maximum Gasteiger partial charge on any atom is 0.218 e. The highest BCUT2D eigenvalue weighted by molar-refractivity contribution is 5.73. The molecule has 0 radical (unpaired) electrons. The number of hydrogen-bond donors (Lipinski definition) is 3. The quantitative estimate of drug-likeness (QED) is 0.506. The first kappa shape index (κ1) is 12.4. The molecule has 4 N–H and O–H groups in total. The fraction of sp³-hybridized carbons (Fsp3) is 0.889. The van der Waals surface area contributed by atoms with Gasteiger partial charge in [-0.05, 0) is 20.8 Å². The molecule has 0 rings (SSSR count). The number of hydrogen-bond acceptors (Lipinski definition) is 3. The number of carbonyl (C=O) groups excluding carboxylic acids is 1. The molecule has 0 fully saturated rings. The third-order valence-electron chi connectivity index (χ3n) is 1.51. The van der Waals surface area contributed by atoms with Crippen molar-refractivity contribution in [1.29, 1.82) is 0 Å². The Labute approximate surface area is 80.3 Å². The topological polar surface area (TPSA) is 67.2 Å². The minimum absolute atomic E-state index is 0.158. The number of nitrogens with two attached hydrogens (primary N) is 1. The molecule has 0 atom stereocenters. The number of carbonyl (C=O) groups is 1. The predicted octanol–water partition coefficient (Wildman–Crippen LogP) is -0.160. The van der Waals surface area contributed by atoms with E-state index >= 15 is 0 Å². The summed E-state index contributed by atoms with van der Waals surface area (Å²) in [5.41, 5.74) is 5.14. The van der Waals surface area contributed by atoms with Gasteiger partial charge in [0.05, 0.1) is 0 Å². The van der Waals surface area contributed by atoms with Crippen LogP contribution >= 0.6 is 0 Å². The van der Waals surface area contributed by atoms with E-state index in [0.717, 1.165) is 13.1 Å². The van der Waals surface area contributed by atoms with Gasteiger partial charge in [0.25, 0.3) is 0 Å². The lowest BCUT2D eigenvalue weighted by molar-refractivity contribution is -0.117. The number of primary amides is 1. The second kappa shape index (κ2) is 5.94. The molecule has 0 aromatic heterocycles. The van der Waals surface area contributed by atoms with Crippen molar-refractivity contribution < 1.29 is 4.79 Å². The molecule has 78 valence electrons. The Bertz CT molecular complexity index is 151. The fourth-order valence-corrected chi connectivity index (χ4v) is 0.862. The summed E-state index contributed by atoms with van der Waals surface area (Å²) < 4.78 is 0. The molecule has 13 heavy (non-hydrogen) atoms. The highest BCUT2D eigenvalue weighted by atomic mass is 16.1. The molecule has 0 spiro atoms. The van der Waals surface area contributed by atoms with Gasteiger partial charge in [-0.25, -0.2) is 0 Å². The van der Waals surface area contributed by atoms with Crippen LogP contribution in [-0.4, -0.2) is 31.1 Å². The van der Waals surface area contributed by atoms with Gasteiger partial charge in [-0.15, -0.1) is 0 Å². The minimum atomic E-state index is -0.253. The lowest BCUT2D eigenvalue weighted by Crippen LogP contribution is -2.40. The van der Waals surface area contributed by atoms with Crippen LogP contribution in [0, 0.1) is 0 Å². The highest BCUT2D eigenvalue weighted by Gasteiger charge is 2.06. The largest absolute Gasteiger partial charge is 0.370 e. The van der Waals surface area contributed by atoms with Crippen molar-refractivity contribution in [3.05, 3.63) is 0 Å². The van der Waals surface area contributed by atoms with E-state index in [2.05, 4.69) is 31.4 Å². The monoisotopic (exact) mass is 187 g/mol. The standard InChI is InChI=1S/C9H21N3O/c1-9(2,3)12-7-6-11-5-4-8(10)13/h11-12H,4-7H2,1-3H3,(H2,10,13). The van der Waals surface area contributed by atoms with Crippen molar-refractivity contribution >= 4 is 5.91 Å². The molecule has 0 bridgehead atoms. The molecule has 0 aromatic rings. The van der Waals surface area contributed by atoms with E-state index < -0.39 is 0 Å². The van der Waals surface area contributed by atoms with Gasteiger partial charge >= 0.3 is 0 Å². The van der Waals surface area contributed by atoms with Crippen LogP contribution in [0.3, 0.4) is 0 Å². The van der Waals surface area contributed by atoms with Crippen LogP contribution in [0.4, 0.5) is 0 Å². The van der Waals surface area contributed by atoms with Crippen molar-refractivity contribution in [1.82, 2.24) is 10.6 Å². The summed E-state index contributed by atoms with van der Waals surface area (Å²) >= 11 is 0. The summed E-state index contributed by atoms with van der Waals surface area (Å²) in [4.78, 5) is 10.4. The molecule has 4 heteroatoms. The summed E-state index contributed by atoms with van der Waals surface area (Å²) in [6, 6.07) is 0. The molecule has 4 nitrogen and oxygen atoms in total. The molecule has 1 amide bonds. The van der Waals surface area contributed by atoms with Crippen molar-refractivity contribution in [2.24, 2.45) is 5.73 Å². The van der Waals surface area contributed by atoms with Crippen LogP contribution in [0.15, 0.2) is 0 Å². The summed E-state index contributed by atoms with van der Waals surface area (Å²) in [5.74, 6) is -0.253. The highest BCUT2D eigenvalue weighted by Crippen LogP contribution is 1.96. The van der Waals surface area contributed by atoms with E-state index in [4.69, 9.17) is 5.73 Å². The van der Waals surface area contributed by atoms with E-state index in [9.17, 15) is 4.79 Å². The van der Waals surface area contributed by atoms with Crippen LogP contribution in [0.2, 0.25) is 0 Å². The van der Waals surface area contributed by atoms with Gasteiger partial charge in [0, 0.05) is 31.6 Å². The van der Waals surface area contributed by atoms with Gasteiger partial charge in [-0.3, -0.25) is 4.79 Å². The Morgan fingerprint density at radius 3 is 2.31 bits per heavy atom. The van der Waals surface area contributed by atoms with Gasteiger partial charge < -0.3 is 16.4 Å². The lowest BCUT2D eigenvalue weighted by Gasteiger charge is -2.20. The molecule has 0 saturated heterocycles. The van der Waals surface area contributed by atoms with Gasteiger partial charge in [-0.1, -0.05) is 0 Å². The first-order chi connectivity index (χ1) is 5.92. The van der Waals surface area contributed by atoms with Crippen molar-refractivity contribution in [2.75, 3.05) is 19.6 Å². The zero-order chi connectivity index (χ0) is 10.3. The Morgan fingerprint density at radius 2 is 1.85 bits per heavy atom. The Kier molecular flexibility index (Phi) is 5.66. The predicted molar refractivity (Wildman–Crippen MR) is 54.4 cm³/mol. The molecule has 0 saturated carbocycles. The molecular formula is C9H21N3O. The summed E-state index contributed by atoms with van der Waals surface area (Å²) in [7, 11) is 0. The van der Waals surface area contributed by atoms with E-state index in [1.807, 2.05) is 0 Å². The summed E-state index contributed by atoms with van der Waals surface area (Å²) in [5, 5.41) is 6.46. The van der Waals surface area contributed by atoms with E-state index in [1.165, 1.54) is 0 Å². The third kappa shape index (κ3) is 11.4. The lowest BCUT2D eigenvalue weighted by atomic mass is 10.1. The van der Waals surface area contributed by atoms with Crippen molar-refractivity contribution in [3.8, 4) is 0 Å². The smallest absolute Gasteiger partial charge is 0.218 e. The maximum atomic E-state index is 10.4. The first-order valence-electron chi connectivity index (χ1n) is 4.66. The molecule has 0 heterocycles. The van der Waals surface area contributed by atoms with Crippen molar-refractivity contribution in [3.63, 3.8) is 0 Å². The van der Waals surface area contributed by atoms with E-state index in [0.29, 0.717) is 13.0 Å². The second-order valence-electron chi connectivity index (χ2n) is 4.14. The molecule has 0 aliphatic carbocycles. The number of nitrogens with one attached hydrogen (secondary N) is 2. The van der Waals surface area contributed by atoms with Gasteiger partial charge in [-0.2, -0.15) is 0 Å².